The fourth-order valence-corrected chi connectivity index (χ4v) is 1.65. The molecule has 1 atom stereocenters. The summed E-state index contributed by atoms with van der Waals surface area (Å²) >= 11 is 0. The van der Waals surface area contributed by atoms with E-state index in [-0.39, 0.29) is 6.42 Å². The Kier molecular flexibility index (Phi) is 10.8. The molecule has 0 saturated carbocycles. The predicted molar refractivity (Wildman–Crippen MR) is 60.9 cm³/mol. The molecule has 0 spiro atoms. The first-order valence-electron chi connectivity index (χ1n) is 5.32. The van der Waals surface area contributed by atoms with E-state index >= 15 is 0 Å². The fraction of sp³-hybridized carbons (Fsp3) is 0.889. The van der Waals surface area contributed by atoms with E-state index in [1.165, 1.54) is 0 Å². The van der Waals surface area contributed by atoms with E-state index in [1.807, 2.05) is 0 Å². The van der Waals surface area contributed by atoms with Crippen LogP contribution in [0.25, 0.3) is 0 Å². The quantitative estimate of drug-likeness (QED) is 0.426. The van der Waals surface area contributed by atoms with Gasteiger partial charge in [0.2, 0.25) is 0 Å². The van der Waals surface area contributed by atoms with E-state index in [0.29, 0.717) is 32.6 Å². The minimum Gasteiger partial charge on any atom is -0.481 e. The molecule has 0 aromatic heterocycles. The molecule has 2 N–H and O–H groups in total. The summed E-state index contributed by atoms with van der Waals surface area (Å²) in [6.45, 7) is 1.36. The molecule has 0 bridgehead atoms. The molecule has 0 radical (unpaired) electrons. The van der Waals surface area contributed by atoms with E-state index in [0.717, 1.165) is 6.42 Å². The lowest BCUT2D eigenvalue weighted by Crippen LogP contribution is -2.12. The molecule has 7 heteroatoms. The highest BCUT2D eigenvalue weighted by Gasteiger charge is 2.00. The first kappa shape index (κ1) is 15.6. The van der Waals surface area contributed by atoms with E-state index < -0.39 is 14.2 Å². The van der Waals surface area contributed by atoms with Gasteiger partial charge in [-0.15, -0.1) is 0 Å². The zero-order chi connectivity index (χ0) is 12.2. The van der Waals surface area contributed by atoms with Gasteiger partial charge < -0.3 is 19.5 Å². The minimum absolute atomic E-state index is 0.174. The summed E-state index contributed by atoms with van der Waals surface area (Å²) < 4.78 is 20.9. The Labute approximate surface area is 96.3 Å². The number of hydrogen-bond donors (Lipinski definition) is 2. The first-order valence-corrected chi connectivity index (χ1v) is 6.55. The maximum absolute atomic E-state index is 11.1. The van der Waals surface area contributed by atoms with Crippen LogP contribution in [0.2, 0.25) is 0 Å². The molecule has 0 amide bonds. The molecule has 0 aromatic rings. The van der Waals surface area contributed by atoms with E-state index in [9.17, 15) is 9.36 Å². The largest absolute Gasteiger partial charge is 0.481 e. The van der Waals surface area contributed by atoms with Gasteiger partial charge in [0, 0.05) is 13.0 Å². The number of nitrogens with one attached hydrogen (secondary N) is 1. The number of unbranched alkanes of at least 4 members (excludes halogenated alkanes) is 2. The van der Waals surface area contributed by atoms with Crippen molar-refractivity contribution in [2.24, 2.45) is 0 Å². The minimum atomic E-state index is -2.37. The number of carboxylic acids is 1. The topological polar surface area (TPSA) is 84.9 Å². The molecule has 0 saturated heterocycles. The zero-order valence-electron chi connectivity index (χ0n) is 9.53. The van der Waals surface area contributed by atoms with Crippen LogP contribution in [0.15, 0.2) is 0 Å². The predicted octanol–water partition coefficient (Wildman–Crippen LogP) is 1.27. The number of rotatable bonds is 11. The van der Waals surface area contributed by atoms with Crippen LogP contribution in [0.3, 0.4) is 0 Å². The highest BCUT2D eigenvalue weighted by Crippen LogP contribution is 2.23. The summed E-state index contributed by atoms with van der Waals surface area (Å²) in [5.41, 5.74) is 0. The Morgan fingerprint density at radius 1 is 1.25 bits per heavy atom. The van der Waals surface area contributed by atoms with Crippen molar-refractivity contribution < 1.29 is 23.5 Å². The van der Waals surface area contributed by atoms with Gasteiger partial charge >= 0.3 is 14.2 Å². The smallest absolute Gasteiger partial charge is 0.319 e. The standard InChI is InChI=1S/C9H20NO5P/c1-10-6-8-15-16(13)14-7-4-2-3-5-9(11)12/h10,16H,2-8H2,1H3,(H,11,12). The van der Waals surface area contributed by atoms with Crippen molar-refractivity contribution in [1.29, 1.82) is 0 Å². The molecule has 0 aliphatic rings. The van der Waals surface area contributed by atoms with Gasteiger partial charge in [-0.3, -0.25) is 9.36 Å². The van der Waals surface area contributed by atoms with Crippen molar-refractivity contribution >= 4 is 14.2 Å². The summed E-state index contributed by atoms with van der Waals surface area (Å²) in [5.74, 6) is -0.787. The molecule has 96 valence electrons. The van der Waals surface area contributed by atoms with E-state index in [4.69, 9.17) is 14.2 Å². The monoisotopic (exact) mass is 253 g/mol. The van der Waals surface area contributed by atoms with Gasteiger partial charge in [0.25, 0.3) is 0 Å². The lowest BCUT2D eigenvalue weighted by molar-refractivity contribution is -0.137. The van der Waals surface area contributed by atoms with Crippen LogP contribution in [0, 0.1) is 0 Å². The van der Waals surface area contributed by atoms with Crippen LogP contribution in [-0.2, 0) is 18.4 Å². The van der Waals surface area contributed by atoms with Crippen molar-refractivity contribution in [2.75, 3.05) is 26.8 Å². The van der Waals surface area contributed by atoms with Crippen molar-refractivity contribution in [3.63, 3.8) is 0 Å². The summed E-state index contributed by atoms with van der Waals surface area (Å²) in [6.07, 6.45) is 2.27. The van der Waals surface area contributed by atoms with E-state index in [2.05, 4.69) is 5.32 Å². The highest BCUT2D eigenvalue weighted by molar-refractivity contribution is 7.33. The molecule has 0 aromatic carbocycles. The molecule has 0 aliphatic carbocycles. The zero-order valence-corrected chi connectivity index (χ0v) is 10.5. The SMILES string of the molecule is CNCCO[PH](=O)OCCCCCC(=O)O. The van der Waals surface area contributed by atoms with Crippen LogP contribution >= 0.6 is 8.25 Å². The third-order valence-electron chi connectivity index (χ3n) is 1.83. The Morgan fingerprint density at radius 3 is 2.56 bits per heavy atom. The second-order valence-electron chi connectivity index (χ2n) is 3.25. The molecule has 6 nitrogen and oxygen atoms in total. The average molecular weight is 253 g/mol. The fourth-order valence-electron chi connectivity index (χ4n) is 0.989. The van der Waals surface area contributed by atoms with Crippen molar-refractivity contribution in [2.45, 2.75) is 25.7 Å². The summed E-state index contributed by atoms with van der Waals surface area (Å²) in [4.78, 5) is 10.2. The Hall–Kier alpha value is -0.420. The van der Waals surface area contributed by atoms with Crippen LogP contribution in [0.5, 0.6) is 0 Å². The van der Waals surface area contributed by atoms with Crippen LogP contribution in [0.1, 0.15) is 25.7 Å². The average Bonchev–Trinajstić information content (AvgIpc) is 2.23. The molecule has 16 heavy (non-hydrogen) atoms. The van der Waals surface area contributed by atoms with Gasteiger partial charge in [-0.25, -0.2) is 0 Å². The maximum Gasteiger partial charge on any atom is 0.319 e. The molecule has 0 fully saturated rings. The van der Waals surface area contributed by atoms with Crippen molar-refractivity contribution in [3.05, 3.63) is 0 Å². The van der Waals surface area contributed by atoms with E-state index in [1.54, 1.807) is 7.05 Å². The molecular weight excluding hydrogens is 233 g/mol. The normalized spacial score (nSPS) is 12.6. The molecule has 0 rings (SSSR count). The molecular formula is C9H20NO5P. The van der Waals surface area contributed by atoms with Crippen molar-refractivity contribution in [1.82, 2.24) is 5.32 Å². The number of likely N-dealkylation sites (N-methyl/N-ethyl adjacent to an activating group) is 1. The van der Waals surface area contributed by atoms with Crippen LogP contribution < -0.4 is 5.32 Å². The van der Waals surface area contributed by atoms with Gasteiger partial charge in [-0.1, -0.05) is 6.42 Å². The summed E-state index contributed by atoms with van der Waals surface area (Å²) in [7, 11) is -0.590. The second-order valence-corrected chi connectivity index (χ2v) is 4.33. The van der Waals surface area contributed by atoms with Gasteiger partial charge in [0.15, 0.2) is 0 Å². The molecule has 0 heterocycles. The maximum atomic E-state index is 11.1. The lowest BCUT2D eigenvalue weighted by Gasteiger charge is -2.04. The van der Waals surface area contributed by atoms with Crippen LogP contribution in [0.4, 0.5) is 0 Å². The Balaban J connectivity index is 3.18. The highest BCUT2D eigenvalue weighted by atomic mass is 31.1. The van der Waals surface area contributed by atoms with Crippen LogP contribution in [-0.4, -0.2) is 37.9 Å². The Morgan fingerprint density at radius 2 is 1.94 bits per heavy atom. The number of carboxylic acid groups (broad SMARTS) is 1. The molecule has 1 unspecified atom stereocenters. The van der Waals surface area contributed by atoms with Gasteiger partial charge in [0.1, 0.15) is 0 Å². The number of aliphatic carboxylic acids is 1. The number of hydrogen-bond acceptors (Lipinski definition) is 5. The third kappa shape index (κ3) is 11.7. The molecule has 0 aliphatic heterocycles. The van der Waals surface area contributed by atoms with Gasteiger partial charge in [-0.05, 0) is 19.9 Å². The number of carbonyl (C=O) groups is 1. The first-order chi connectivity index (χ1) is 7.66. The third-order valence-corrected chi connectivity index (χ3v) is 2.71. The van der Waals surface area contributed by atoms with Gasteiger partial charge in [-0.2, -0.15) is 0 Å². The lowest BCUT2D eigenvalue weighted by atomic mass is 10.2. The second kappa shape index (κ2) is 11.1. The van der Waals surface area contributed by atoms with Crippen molar-refractivity contribution in [3.8, 4) is 0 Å². The summed E-state index contributed by atoms with van der Waals surface area (Å²) in [5, 5.41) is 11.2. The summed E-state index contributed by atoms with van der Waals surface area (Å²) in [6, 6.07) is 0. The van der Waals surface area contributed by atoms with Gasteiger partial charge in [0.05, 0.1) is 13.2 Å². The Bertz CT molecular complexity index is 212.